The first kappa shape index (κ1) is 86.2. The maximum Gasteiger partial charge on any atom is 0.199 e. The van der Waals surface area contributed by atoms with Gasteiger partial charge in [0.2, 0.25) is 0 Å². The summed E-state index contributed by atoms with van der Waals surface area (Å²) in [6, 6.07) is 2.93. The van der Waals surface area contributed by atoms with Crippen LogP contribution >= 0.6 is 0 Å². The van der Waals surface area contributed by atoms with Crippen molar-refractivity contribution in [1.29, 1.82) is 0 Å². The third-order valence-corrected chi connectivity index (χ3v) is 29.9. The number of unbranched alkanes of at least 4 members (excludes halogenated alkanes) is 56. The number of hydrogen-bond donors (Lipinski definition) is 0. The van der Waals surface area contributed by atoms with Crippen LogP contribution in [0.5, 0.6) is 0 Å². The zero-order valence-corrected chi connectivity index (χ0v) is 64.8. The molecule has 1 heterocycles. The normalized spacial score (nSPS) is 15.9. The summed E-state index contributed by atoms with van der Waals surface area (Å²) < 4.78 is 9.54. The van der Waals surface area contributed by atoms with Crippen molar-refractivity contribution in [2.24, 2.45) is 10.8 Å². The maximum atomic E-state index is 9.54. The summed E-state index contributed by atoms with van der Waals surface area (Å²) >= 11 is 0. The first-order chi connectivity index (χ1) is 43.2. The molecule has 0 N–H and O–H groups in total. The van der Waals surface area contributed by atoms with Crippen molar-refractivity contribution in [3.05, 3.63) is 0 Å². The summed E-state index contributed by atoms with van der Waals surface area (Å²) in [6.45, 7) is 25.4. The Bertz CT molecular complexity index is 1300. The lowest BCUT2D eigenvalue weighted by molar-refractivity contribution is -0.219. The van der Waals surface area contributed by atoms with Crippen LogP contribution in [0.4, 0.5) is 0 Å². The van der Waals surface area contributed by atoms with Gasteiger partial charge in [-0.2, -0.15) is 0 Å². The fourth-order valence-corrected chi connectivity index (χ4v) is 24.4. The van der Waals surface area contributed by atoms with Crippen molar-refractivity contribution in [2.45, 2.75) is 541 Å². The van der Waals surface area contributed by atoms with Gasteiger partial charge in [-0.25, -0.2) is 0 Å². The quantitative estimate of drug-likeness (QED) is 0.0436. The Kier molecular flexibility index (Phi) is 59.6. The minimum atomic E-state index is -2.44. The van der Waals surface area contributed by atoms with Crippen LogP contribution in [0, 0.1) is 10.8 Å². The van der Waals surface area contributed by atoms with Gasteiger partial charge in [0.25, 0.3) is 0 Å². The molecule has 1 rings (SSSR count). The molecule has 0 aromatic rings. The molecule has 0 amide bonds. The zero-order valence-electron chi connectivity index (χ0n) is 63.8. The molecule has 0 radical (unpaired) electrons. The van der Waals surface area contributed by atoms with Crippen LogP contribution in [0.3, 0.4) is 0 Å². The van der Waals surface area contributed by atoms with Crippen molar-refractivity contribution in [2.75, 3.05) is 0 Å². The molecule has 528 valence electrons. The topological polar surface area (TPSA) is 9.23 Å². The van der Waals surface area contributed by atoms with E-state index < -0.39 is 8.32 Å². The highest BCUT2D eigenvalue weighted by Gasteiger charge is 2.75. The molecule has 1 nitrogen and oxygen atoms in total. The van der Waals surface area contributed by atoms with Gasteiger partial charge in [0.05, 0.1) is 5.60 Å². The molecule has 1 aliphatic heterocycles. The van der Waals surface area contributed by atoms with Gasteiger partial charge in [0, 0.05) is 5.41 Å². The first-order valence-corrected chi connectivity index (χ1v) is 45.2. The monoisotopic (exact) mass is 1250 g/mol. The van der Waals surface area contributed by atoms with E-state index in [9.17, 15) is 4.43 Å². The van der Waals surface area contributed by atoms with E-state index in [1.807, 2.05) is 0 Å². The second-order valence-corrected chi connectivity index (χ2v) is 36.1. The molecule has 0 saturated carbocycles. The Hall–Kier alpha value is 0.177. The molecule has 0 aliphatic carbocycles. The molecule has 88 heavy (non-hydrogen) atoms. The standard InChI is InChI=1S/C86H174OSi/c1-11-19-27-35-43-51-59-67-75-84(76-68-60-52-44-36-28-20-12-2)83(9,10)88(81-73-65-57-49-41-33-25-17-7,82-74-66-58-50-42-34-26-18-8)87-86(79-71-63-55-47-39-31-23-15-5,80-72-64-56-48-40-32-24-16-6)85(84,77-69-61-53-45-37-29-21-13-3)78-70-62-54-46-38-30-22-14-4/h11-82H2,1-10H3. The van der Waals surface area contributed by atoms with Gasteiger partial charge in [-0.05, 0) is 61.1 Å². The van der Waals surface area contributed by atoms with Gasteiger partial charge in [-0.3, -0.25) is 0 Å². The molecular formula is C86H174OSi. The van der Waals surface area contributed by atoms with E-state index in [0.717, 1.165) is 0 Å². The van der Waals surface area contributed by atoms with E-state index in [1.165, 1.54) is 462 Å². The Morgan fingerprint density at radius 2 is 0.341 bits per heavy atom. The van der Waals surface area contributed by atoms with Crippen LogP contribution in [-0.4, -0.2) is 13.9 Å². The smallest absolute Gasteiger partial charge is 0.199 e. The van der Waals surface area contributed by atoms with E-state index in [0.29, 0.717) is 5.41 Å². The molecule has 1 fully saturated rings. The summed E-state index contributed by atoms with van der Waals surface area (Å²) in [7, 11) is -2.44. The molecule has 0 atom stereocenters. The molecule has 0 bridgehead atoms. The SMILES string of the molecule is CCCCCCCCCCC1(CCCCCCCCCC)O[Si](CCCCCCCCCC)(CCCCCCCCCC)C(C)(C)C(CCCCCCCCCC)(CCCCCCCCCC)C1(CCCCCCCCCC)CCCCCCCCCC. The Balaban J connectivity index is 4.61. The van der Waals surface area contributed by atoms with Crippen molar-refractivity contribution in [3.63, 3.8) is 0 Å². The summed E-state index contributed by atoms with van der Waals surface area (Å²) in [5, 5.41) is 0.243. The Morgan fingerprint density at radius 1 is 0.182 bits per heavy atom. The average molecular weight is 1250 g/mol. The van der Waals surface area contributed by atoms with Gasteiger partial charge in [-0.1, -0.05) is 480 Å². The van der Waals surface area contributed by atoms with E-state index in [2.05, 4.69) is 69.2 Å². The van der Waals surface area contributed by atoms with Crippen LogP contribution in [0.2, 0.25) is 17.1 Å². The van der Waals surface area contributed by atoms with E-state index >= 15 is 0 Å². The molecule has 2 heteroatoms. The van der Waals surface area contributed by atoms with Crippen molar-refractivity contribution >= 4 is 8.32 Å². The largest absolute Gasteiger partial charge is 0.410 e. The van der Waals surface area contributed by atoms with Gasteiger partial charge in [0.15, 0.2) is 8.32 Å². The lowest BCUT2D eigenvalue weighted by Crippen LogP contribution is -2.75. The second-order valence-electron chi connectivity index (χ2n) is 31.7. The van der Waals surface area contributed by atoms with Gasteiger partial charge >= 0.3 is 0 Å². The fraction of sp³-hybridized carbons (Fsp3) is 1.00. The molecular weight excluding hydrogens is 1080 g/mol. The third-order valence-electron chi connectivity index (χ3n) is 24.1. The van der Waals surface area contributed by atoms with Gasteiger partial charge in [-0.15, -0.1) is 0 Å². The van der Waals surface area contributed by atoms with Crippen molar-refractivity contribution < 1.29 is 4.43 Å². The van der Waals surface area contributed by atoms with E-state index in [4.69, 9.17) is 0 Å². The molecule has 0 aromatic carbocycles. The average Bonchev–Trinajstić information content (AvgIpc) is 0.677. The highest BCUT2D eigenvalue weighted by molar-refractivity contribution is 6.77. The molecule has 0 aromatic heterocycles. The predicted molar refractivity (Wildman–Crippen MR) is 407 cm³/mol. The van der Waals surface area contributed by atoms with Gasteiger partial charge in [0.1, 0.15) is 0 Å². The summed E-state index contributed by atoms with van der Waals surface area (Å²) in [5.74, 6) is 0. The summed E-state index contributed by atoms with van der Waals surface area (Å²) in [6.07, 6.45) is 101. The van der Waals surface area contributed by atoms with Gasteiger partial charge < -0.3 is 4.43 Å². The predicted octanol–water partition coefficient (Wildman–Crippen LogP) is 32.9. The van der Waals surface area contributed by atoms with Crippen LogP contribution in [0.15, 0.2) is 0 Å². The Morgan fingerprint density at radius 3 is 0.545 bits per heavy atom. The minimum absolute atomic E-state index is 0.0159. The van der Waals surface area contributed by atoms with Crippen LogP contribution in [0.1, 0.15) is 519 Å². The summed E-state index contributed by atoms with van der Waals surface area (Å²) in [5.41, 5.74) is 0.591. The van der Waals surface area contributed by atoms with E-state index in [1.54, 1.807) is 0 Å². The van der Waals surface area contributed by atoms with E-state index in [-0.39, 0.29) is 16.1 Å². The molecule has 0 spiro atoms. The van der Waals surface area contributed by atoms with Crippen LogP contribution in [0.25, 0.3) is 0 Å². The van der Waals surface area contributed by atoms with Crippen LogP contribution in [-0.2, 0) is 4.43 Å². The highest BCUT2D eigenvalue weighted by atomic mass is 28.4. The van der Waals surface area contributed by atoms with Crippen molar-refractivity contribution in [3.8, 4) is 0 Å². The molecule has 1 aliphatic rings. The maximum absolute atomic E-state index is 9.54. The lowest BCUT2D eigenvalue weighted by Gasteiger charge is -2.76. The third kappa shape index (κ3) is 36.9. The van der Waals surface area contributed by atoms with Crippen LogP contribution < -0.4 is 0 Å². The summed E-state index contributed by atoms with van der Waals surface area (Å²) in [4.78, 5) is 0. The lowest BCUT2D eigenvalue weighted by atomic mass is 9.43. The minimum Gasteiger partial charge on any atom is -0.410 e. The fourth-order valence-electron chi connectivity index (χ4n) is 18.3. The highest BCUT2D eigenvalue weighted by Crippen LogP contribution is 2.78. The number of rotatable bonds is 72. The number of hydrogen-bond acceptors (Lipinski definition) is 1. The molecule has 0 unspecified atom stereocenters. The van der Waals surface area contributed by atoms with Crippen molar-refractivity contribution in [1.82, 2.24) is 0 Å². The molecule has 1 saturated heterocycles. The zero-order chi connectivity index (χ0) is 64.1. The Labute approximate surface area is 561 Å². The first-order valence-electron chi connectivity index (χ1n) is 42.9. The second kappa shape index (κ2) is 60.8.